The van der Waals surface area contributed by atoms with Crippen LogP contribution in [0.2, 0.25) is 0 Å². The molecule has 28 heavy (non-hydrogen) atoms. The first-order valence-electron chi connectivity index (χ1n) is 9.34. The van der Waals surface area contributed by atoms with E-state index in [-0.39, 0.29) is 30.7 Å². The van der Waals surface area contributed by atoms with Gasteiger partial charge in [-0.05, 0) is 36.8 Å². The summed E-state index contributed by atoms with van der Waals surface area (Å²) in [6.45, 7) is 0.876. The van der Waals surface area contributed by atoms with Crippen LogP contribution in [0.5, 0.6) is 5.75 Å². The van der Waals surface area contributed by atoms with Crippen molar-refractivity contribution in [3.63, 3.8) is 0 Å². The number of nitrogens with one attached hydrogen (secondary N) is 1. The van der Waals surface area contributed by atoms with E-state index in [4.69, 9.17) is 4.74 Å². The fraction of sp³-hybridized carbons (Fsp3) is 0.286. The molecule has 0 spiro atoms. The maximum atomic E-state index is 12.6. The minimum Gasteiger partial charge on any atom is -0.491 e. The van der Waals surface area contributed by atoms with Crippen LogP contribution in [0.3, 0.4) is 0 Å². The Hall–Kier alpha value is -3.35. The molecular formula is C21H21N3O4. The monoisotopic (exact) mass is 379 g/mol. The molecule has 1 fully saturated rings. The number of fused-ring (bicyclic) bond motifs is 1. The van der Waals surface area contributed by atoms with Gasteiger partial charge in [0.1, 0.15) is 12.3 Å². The topological polar surface area (TPSA) is 79.0 Å². The van der Waals surface area contributed by atoms with E-state index in [1.807, 2.05) is 18.2 Å². The van der Waals surface area contributed by atoms with E-state index >= 15 is 0 Å². The molecule has 0 atom stereocenters. The molecule has 0 bridgehead atoms. The lowest BCUT2D eigenvalue weighted by Gasteiger charge is -2.21. The van der Waals surface area contributed by atoms with E-state index < -0.39 is 0 Å². The molecule has 1 saturated heterocycles. The predicted octanol–water partition coefficient (Wildman–Crippen LogP) is 2.57. The molecule has 144 valence electrons. The first kappa shape index (κ1) is 18.0. The summed E-state index contributed by atoms with van der Waals surface area (Å²) in [4.78, 5) is 40.2. The first-order chi connectivity index (χ1) is 13.6. The molecule has 2 aromatic rings. The van der Waals surface area contributed by atoms with Crippen molar-refractivity contribution in [2.45, 2.75) is 19.3 Å². The number of hydrogen-bond donors (Lipinski definition) is 1. The van der Waals surface area contributed by atoms with Crippen LogP contribution >= 0.6 is 0 Å². The van der Waals surface area contributed by atoms with Crippen molar-refractivity contribution in [1.29, 1.82) is 0 Å². The van der Waals surface area contributed by atoms with Crippen molar-refractivity contribution >= 4 is 34.8 Å². The Morgan fingerprint density at radius 2 is 1.89 bits per heavy atom. The second kappa shape index (κ2) is 7.72. The third kappa shape index (κ3) is 3.69. The summed E-state index contributed by atoms with van der Waals surface area (Å²) < 4.78 is 5.60. The Morgan fingerprint density at radius 1 is 1.04 bits per heavy atom. The van der Waals surface area contributed by atoms with Crippen LogP contribution in [0, 0.1) is 0 Å². The highest BCUT2D eigenvalue weighted by Crippen LogP contribution is 2.31. The van der Waals surface area contributed by atoms with Crippen LogP contribution in [0.25, 0.3) is 0 Å². The number of rotatable bonds is 4. The highest BCUT2D eigenvalue weighted by molar-refractivity contribution is 6.04. The van der Waals surface area contributed by atoms with Crippen LogP contribution in [0.1, 0.15) is 19.3 Å². The highest BCUT2D eigenvalue weighted by Gasteiger charge is 2.25. The summed E-state index contributed by atoms with van der Waals surface area (Å²) in [6.07, 6.45) is 1.61. The van der Waals surface area contributed by atoms with E-state index in [0.717, 1.165) is 12.1 Å². The van der Waals surface area contributed by atoms with Crippen LogP contribution in [0.15, 0.2) is 48.5 Å². The molecular weight excluding hydrogens is 358 g/mol. The van der Waals surface area contributed by atoms with Gasteiger partial charge in [0, 0.05) is 24.3 Å². The largest absolute Gasteiger partial charge is 0.491 e. The smallest absolute Gasteiger partial charge is 0.244 e. The zero-order valence-corrected chi connectivity index (χ0v) is 15.4. The Morgan fingerprint density at radius 3 is 2.71 bits per heavy atom. The summed E-state index contributed by atoms with van der Waals surface area (Å²) in [5, 5.41) is 2.83. The van der Waals surface area contributed by atoms with E-state index in [0.29, 0.717) is 36.7 Å². The standard InChI is InChI=1S/C21H21N3O4/c25-19(14-24-17-7-1-2-8-18(17)28-12-10-21(24)27)22-15-5-3-6-16(13-15)23-11-4-9-20(23)26/h1-3,5-8,13H,4,9-12,14H2,(H,22,25). The van der Waals surface area contributed by atoms with Gasteiger partial charge in [0.25, 0.3) is 0 Å². The molecule has 0 unspecified atom stereocenters. The van der Waals surface area contributed by atoms with Gasteiger partial charge in [0.05, 0.1) is 18.7 Å². The number of para-hydroxylation sites is 2. The molecule has 2 heterocycles. The van der Waals surface area contributed by atoms with Crippen molar-refractivity contribution in [1.82, 2.24) is 0 Å². The van der Waals surface area contributed by atoms with Crippen molar-refractivity contribution in [3.05, 3.63) is 48.5 Å². The van der Waals surface area contributed by atoms with Crippen LogP contribution in [-0.4, -0.2) is 37.4 Å². The average molecular weight is 379 g/mol. The lowest BCUT2D eigenvalue weighted by molar-refractivity contribution is -0.121. The number of amides is 3. The number of anilines is 3. The van der Waals surface area contributed by atoms with E-state index in [2.05, 4.69) is 5.32 Å². The fourth-order valence-corrected chi connectivity index (χ4v) is 3.51. The predicted molar refractivity (Wildman–Crippen MR) is 106 cm³/mol. The Bertz CT molecular complexity index is 927. The van der Waals surface area contributed by atoms with Crippen molar-refractivity contribution in [2.75, 3.05) is 34.8 Å². The maximum absolute atomic E-state index is 12.6. The lowest BCUT2D eigenvalue weighted by Crippen LogP contribution is -2.37. The van der Waals surface area contributed by atoms with Crippen molar-refractivity contribution < 1.29 is 19.1 Å². The van der Waals surface area contributed by atoms with E-state index in [9.17, 15) is 14.4 Å². The van der Waals surface area contributed by atoms with Crippen LogP contribution in [-0.2, 0) is 14.4 Å². The Balaban J connectivity index is 1.49. The number of benzene rings is 2. The summed E-state index contributed by atoms with van der Waals surface area (Å²) in [5.74, 6) is 0.220. The zero-order chi connectivity index (χ0) is 19.5. The molecule has 0 aliphatic carbocycles. The second-order valence-electron chi connectivity index (χ2n) is 6.79. The van der Waals surface area contributed by atoms with Gasteiger partial charge in [-0.1, -0.05) is 18.2 Å². The van der Waals surface area contributed by atoms with Gasteiger partial charge in [-0.25, -0.2) is 0 Å². The van der Waals surface area contributed by atoms with Crippen LogP contribution in [0.4, 0.5) is 17.1 Å². The Labute approximate surface area is 162 Å². The molecule has 7 nitrogen and oxygen atoms in total. The SMILES string of the molecule is O=C(CN1C(=O)CCOc2ccccc21)Nc1cccc(N2CCCC2=O)c1. The third-order valence-corrected chi connectivity index (χ3v) is 4.85. The molecule has 4 rings (SSSR count). The third-order valence-electron chi connectivity index (χ3n) is 4.85. The molecule has 3 amide bonds. The summed E-state index contributed by atoms with van der Waals surface area (Å²) >= 11 is 0. The first-order valence-corrected chi connectivity index (χ1v) is 9.34. The number of hydrogen-bond acceptors (Lipinski definition) is 4. The molecule has 0 saturated carbocycles. The lowest BCUT2D eigenvalue weighted by atomic mass is 10.2. The van der Waals surface area contributed by atoms with Gasteiger partial charge in [0.15, 0.2) is 0 Å². The van der Waals surface area contributed by atoms with Gasteiger partial charge < -0.3 is 15.0 Å². The maximum Gasteiger partial charge on any atom is 0.244 e. The molecule has 7 heteroatoms. The number of ether oxygens (including phenoxy) is 1. The van der Waals surface area contributed by atoms with Gasteiger partial charge >= 0.3 is 0 Å². The van der Waals surface area contributed by atoms with Gasteiger partial charge in [-0.3, -0.25) is 19.3 Å². The van der Waals surface area contributed by atoms with E-state index in [1.165, 1.54) is 4.90 Å². The molecule has 2 aliphatic rings. The molecule has 0 radical (unpaired) electrons. The highest BCUT2D eigenvalue weighted by atomic mass is 16.5. The Kier molecular flexibility index (Phi) is 4.97. The fourth-order valence-electron chi connectivity index (χ4n) is 3.51. The number of carbonyl (C=O) groups is 3. The number of nitrogens with zero attached hydrogens (tertiary/aromatic N) is 2. The molecule has 1 N–H and O–H groups in total. The summed E-state index contributed by atoms with van der Waals surface area (Å²) in [5.41, 5.74) is 1.95. The normalized spacial score (nSPS) is 16.4. The molecule has 2 aromatic carbocycles. The molecule has 2 aliphatic heterocycles. The quantitative estimate of drug-likeness (QED) is 0.886. The average Bonchev–Trinajstić information content (AvgIpc) is 3.06. The van der Waals surface area contributed by atoms with Gasteiger partial charge in [0.2, 0.25) is 17.7 Å². The summed E-state index contributed by atoms with van der Waals surface area (Å²) in [7, 11) is 0. The summed E-state index contributed by atoms with van der Waals surface area (Å²) in [6, 6.07) is 14.4. The van der Waals surface area contributed by atoms with Crippen molar-refractivity contribution in [3.8, 4) is 5.75 Å². The number of carbonyl (C=O) groups excluding carboxylic acids is 3. The van der Waals surface area contributed by atoms with Crippen molar-refractivity contribution in [2.24, 2.45) is 0 Å². The minimum absolute atomic E-state index is 0.0928. The van der Waals surface area contributed by atoms with Gasteiger partial charge in [-0.15, -0.1) is 0 Å². The van der Waals surface area contributed by atoms with E-state index in [1.54, 1.807) is 35.2 Å². The van der Waals surface area contributed by atoms with Crippen LogP contribution < -0.4 is 19.9 Å². The zero-order valence-electron chi connectivity index (χ0n) is 15.4. The second-order valence-corrected chi connectivity index (χ2v) is 6.79. The van der Waals surface area contributed by atoms with Gasteiger partial charge in [-0.2, -0.15) is 0 Å². The minimum atomic E-state index is -0.310. The molecule has 0 aromatic heterocycles.